The molecule has 6 heteroatoms. The summed E-state index contributed by atoms with van der Waals surface area (Å²) in [5, 5.41) is 9.25. The Kier molecular flexibility index (Phi) is 5.07. The van der Waals surface area contributed by atoms with Gasteiger partial charge in [0.1, 0.15) is 6.04 Å². The highest BCUT2D eigenvalue weighted by Gasteiger charge is 2.37. The Morgan fingerprint density at radius 1 is 1.29 bits per heavy atom. The standard InChI is InChI=1S/C15H23N3O3/c1-3-8-16(2)15(21)17-10-6-12(7-11-17)18-9-4-5-13(18)14(19)20/h1,12-13H,4-11H2,2H3,(H,19,20). The molecule has 21 heavy (non-hydrogen) atoms. The Morgan fingerprint density at radius 2 is 1.95 bits per heavy atom. The maximum atomic E-state index is 12.1. The van der Waals surface area contributed by atoms with Crippen LogP contribution in [0.25, 0.3) is 0 Å². The summed E-state index contributed by atoms with van der Waals surface area (Å²) in [4.78, 5) is 28.8. The molecule has 0 aromatic heterocycles. The number of carbonyl (C=O) groups is 2. The molecule has 0 spiro atoms. The highest BCUT2D eigenvalue weighted by molar-refractivity contribution is 5.75. The maximum absolute atomic E-state index is 12.1. The van der Waals surface area contributed by atoms with Crippen molar-refractivity contribution in [2.75, 3.05) is 33.2 Å². The monoisotopic (exact) mass is 293 g/mol. The van der Waals surface area contributed by atoms with E-state index in [0.29, 0.717) is 19.6 Å². The summed E-state index contributed by atoms with van der Waals surface area (Å²) < 4.78 is 0. The van der Waals surface area contributed by atoms with Crippen LogP contribution in [0.4, 0.5) is 4.79 Å². The van der Waals surface area contributed by atoms with Gasteiger partial charge in [0, 0.05) is 26.2 Å². The van der Waals surface area contributed by atoms with Gasteiger partial charge in [-0.25, -0.2) is 4.79 Å². The van der Waals surface area contributed by atoms with E-state index in [1.807, 2.05) is 0 Å². The van der Waals surface area contributed by atoms with Gasteiger partial charge in [-0.05, 0) is 32.2 Å². The Balaban J connectivity index is 1.87. The summed E-state index contributed by atoms with van der Waals surface area (Å²) in [7, 11) is 1.70. The van der Waals surface area contributed by atoms with E-state index in [-0.39, 0.29) is 18.1 Å². The number of urea groups is 1. The predicted molar refractivity (Wildman–Crippen MR) is 78.8 cm³/mol. The van der Waals surface area contributed by atoms with Gasteiger partial charge in [-0.2, -0.15) is 0 Å². The average Bonchev–Trinajstić information content (AvgIpc) is 2.96. The first-order valence-electron chi connectivity index (χ1n) is 7.46. The number of rotatable bonds is 3. The van der Waals surface area contributed by atoms with Crippen LogP contribution in [0, 0.1) is 12.3 Å². The van der Waals surface area contributed by atoms with Crippen molar-refractivity contribution in [2.45, 2.75) is 37.8 Å². The van der Waals surface area contributed by atoms with Gasteiger partial charge in [0.05, 0.1) is 6.54 Å². The molecule has 0 aromatic carbocycles. The third-order valence-electron chi connectivity index (χ3n) is 4.44. The zero-order valence-electron chi connectivity index (χ0n) is 12.5. The number of hydrogen-bond acceptors (Lipinski definition) is 3. The van der Waals surface area contributed by atoms with Gasteiger partial charge in [0.2, 0.25) is 0 Å². The van der Waals surface area contributed by atoms with Crippen LogP contribution < -0.4 is 0 Å². The molecule has 2 amide bonds. The predicted octanol–water partition coefficient (Wildman–Crippen LogP) is 0.685. The highest BCUT2D eigenvalue weighted by Crippen LogP contribution is 2.26. The van der Waals surface area contributed by atoms with Gasteiger partial charge in [0.25, 0.3) is 0 Å². The van der Waals surface area contributed by atoms with Crippen molar-refractivity contribution >= 4 is 12.0 Å². The zero-order chi connectivity index (χ0) is 15.4. The van der Waals surface area contributed by atoms with Crippen LogP contribution in [0.15, 0.2) is 0 Å². The van der Waals surface area contributed by atoms with Crippen LogP contribution in [-0.4, -0.2) is 77.1 Å². The number of amides is 2. The van der Waals surface area contributed by atoms with Crippen LogP contribution in [0.3, 0.4) is 0 Å². The second-order valence-electron chi connectivity index (χ2n) is 5.80. The lowest BCUT2D eigenvalue weighted by Crippen LogP contribution is -2.52. The Bertz CT molecular complexity index is 438. The number of nitrogens with zero attached hydrogens (tertiary/aromatic N) is 3. The number of hydrogen-bond donors (Lipinski definition) is 1. The quantitative estimate of drug-likeness (QED) is 0.777. The van der Waals surface area contributed by atoms with Gasteiger partial charge in [0.15, 0.2) is 0 Å². The largest absolute Gasteiger partial charge is 0.480 e. The molecular formula is C15H23N3O3. The molecule has 116 valence electrons. The molecule has 0 aromatic rings. The molecule has 0 aliphatic carbocycles. The van der Waals surface area contributed by atoms with E-state index in [0.717, 1.165) is 32.2 Å². The topological polar surface area (TPSA) is 64.1 Å². The van der Waals surface area contributed by atoms with Crippen molar-refractivity contribution in [3.63, 3.8) is 0 Å². The van der Waals surface area contributed by atoms with E-state index in [9.17, 15) is 14.7 Å². The summed E-state index contributed by atoms with van der Waals surface area (Å²) in [5.41, 5.74) is 0. The average molecular weight is 293 g/mol. The fourth-order valence-corrected chi connectivity index (χ4v) is 3.33. The van der Waals surface area contributed by atoms with Crippen LogP contribution >= 0.6 is 0 Å². The number of carboxylic acid groups (broad SMARTS) is 1. The molecule has 2 aliphatic rings. The van der Waals surface area contributed by atoms with E-state index < -0.39 is 5.97 Å². The fourth-order valence-electron chi connectivity index (χ4n) is 3.33. The molecule has 0 saturated carbocycles. The van der Waals surface area contributed by atoms with E-state index in [1.54, 1.807) is 11.9 Å². The van der Waals surface area contributed by atoms with Gasteiger partial charge in [-0.15, -0.1) is 6.42 Å². The van der Waals surface area contributed by atoms with Crippen molar-refractivity contribution in [3.05, 3.63) is 0 Å². The van der Waals surface area contributed by atoms with Gasteiger partial charge in [-0.3, -0.25) is 9.69 Å². The minimum Gasteiger partial charge on any atom is -0.480 e. The van der Waals surface area contributed by atoms with Crippen molar-refractivity contribution in [2.24, 2.45) is 0 Å². The zero-order valence-corrected chi connectivity index (χ0v) is 12.5. The molecule has 1 N–H and O–H groups in total. The first kappa shape index (κ1) is 15.6. The van der Waals surface area contributed by atoms with E-state index >= 15 is 0 Å². The number of likely N-dealkylation sites (tertiary alicyclic amines) is 2. The Morgan fingerprint density at radius 3 is 2.52 bits per heavy atom. The summed E-state index contributed by atoms with van der Waals surface area (Å²) in [6.07, 6.45) is 8.57. The summed E-state index contributed by atoms with van der Waals surface area (Å²) in [6, 6.07) is -0.112. The molecule has 2 fully saturated rings. The van der Waals surface area contributed by atoms with Crippen molar-refractivity contribution in [1.29, 1.82) is 0 Å². The number of carboxylic acids is 1. The molecule has 2 saturated heterocycles. The lowest BCUT2D eigenvalue weighted by molar-refractivity contribution is -0.143. The van der Waals surface area contributed by atoms with Crippen molar-refractivity contribution in [3.8, 4) is 12.3 Å². The first-order chi connectivity index (χ1) is 10.0. The summed E-state index contributed by atoms with van der Waals surface area (Å²) >= 11 is 0. The van der Waals surface area contributed by atoms with Crippen molar-refractivity contribution < 1.29 is 14.7 Å². The van der Waals surface area contributed by atoms with Crippen LogP contribution in [0.5, 0.6) is 0 Å². The smallest absolute Gasteiger partial charge is 0.320 e. The van der Waals surface area contributed by atoms with E-state index in [4.69, 9.17) is 6.42 Å². The van der Waals surface area contributed by atoms with Crippen LogP contribution in [-0.2, 0) is 4.79 Å². The van der Waals surface area contributed by atoms with E-state index in [2.05, 4.69) is 10.8 Å². The van der Waals surface area contributed by atoms with Gasteiger partial charge < -0.3 is 14.9 Å². The van der Waals surface area contributed by atoms with E-state index in [1.165, 1.54) is 4.90 Å². The van der Waals surface area contributed by atoms with Gasteiger partial charge in [-0.1, -0.05) is 5.92 Å². The molecule has 6 nitrogen and oxygen atoms in total. The number of aliphatic carboxylic acids is 1. The second-order valence-corrected chi connectivity index (χ2v) is 5.80. The second kappa shape index (κ2) is 6.81. The molecule has 1 atom stereocenters. The van der Waals surface area contributed by atoms with Crippen molar-refractivity contribution in [1.82, 2.24) is 14.7 Å². The fraction of sp³-hybridized carbons (Fsp3) is 0.733. The number of terminal acetylenes is 1. The molecular weight excluding hydrogens is 270 g/mol. The highest BCUT2D eigenvalue weighted by atomic mass is 16.4. The molecule has 2 heterocycles. The molecule has 2 rings (SSSR count). The Hall–Kier alpha value is -1.74. The lowest BCUT2D eigenvalue weighted by atomic mass is 10.0. The first-order valence-corrected chi connectivity index (χ1v) is 7.46. The third kappa shape index (κ3) is 3.48. The minimum absolute atomic E-state index is 0.0393. The van der Waals surface area contributed by atoms with Crippen LogP contribution in [0.2, 0.25) is 0 Å². The SMILES string of the molecule is C#CCN(C)C(=O)N1CCC(N2CCCC2C(=O)O)CC1. The van der Waals surface area contributed by atoms with Crippen LogP contribution in [0.1, 0.15) is 25.7 Å². The molecule has 2 aliphatic heterocycles. The minimum atomic E-state index is -0.722. The number of piperidine rings is 1. The Labute approximate surface area is 125 Å². The van der Waals surface area contributed by atoms with Gasteiger partial charge >= 0.3 is 12.0 Å². The third-order valence-corrected chi connectivity index (χ3v) is 4.44. The summed E-state index contributed by atoms with van der Waals surface area (Å²) in [5.74, 6) is 1.74. The molecule has 0 bridgehead atoms. The summed E-state index contributed by atoms with van der Waals surface area (Å²) in [6.45, 7) is 2.50. The normalized spacial score (nSPS) is 23.8. The number of carbonyl (C=O) groups excluding carboxylic acids is 1. The lowest BCUT2D eigenvalue weighted by Gasteiger charge is -2.39. The maximum Gasteiger partial charge on any atom is 0.320 e. The molecule has 0 radical (unpaired) electrons. The molecule has 1 unspecified atom stereocenters.